The van der Waals surface area contributed by atoms with Gasteiger partial charge in [-0.15, -0.1) is 0 Å². The fourth-order valence-corrected chi connectivity index (χ4v) is 2.89. The number of aromatic amines is 1. The maximum absolute atomic E-state index is 7.55. The van der Waals surface area contributed by atoms with Crippen molar-refractivity contribution in [3.05, 3.63) is 40.6 Å². The summed E-state index contributed by atoms with van der Waals surface area (Å²) in [5, 5.41) is 8.33. The first kappa shape index (κ1) is 11.2. The van der Waals surface area contributed by atoms with Gasteiger partial charge in [-0.05, 0) is 28.1 Å². The van der Waals surface area contributed by atoms with Crippen molar-refractivity contribution in [3.63, 3.8) is 0 Å². The van der Waals surface area contributed by atoms with Gasteiger partial charge in [0, 0.05) is 27.3 Å². The molecule has 0 amide bonds. The van der Waals surface area contributed by atoms with Gasteiger partial charge in [-0.25, -0.2) is 4.98 Å². The highest BCUT2D eigenvalue weighted by molar-refractivity contribution is 9.10. The molecule has 0 atom stereocenters. The van der Waals surface area contributed by atoms with Crippen LogP contribution in [0.2, 0.25) is 0 Å². The number of nitrogen functional groups attached to an aromatic ring is 1. The van der Waals surface area contributed by atoms with Gasteiger partial charge in [0.25, 0.3) is 0 Å². The molecule has 0 spiro atoms. The van der Waals surface area contributed by atoms with Crippen LogP contribution < -0.4 is 5.73 Å². The van der Waals surface area contributed by atoms with E-state index in [0.29, 0.717) is 5.56 Å². The molecule has 4 N–H and O–H groups in total. The third-order valence-electron chi connectivity index (χ3n) is 1.92. The molecule has 6 heteroatoms. The van der Waals surface area contributed by atoms with E-state index < -0.39 is 0 Å². The predicted molar refractivity (Wildman–Crippen MR) is 67.9 cm³/mol. The Bertz CT molecular complexity index is 510. The van der Waals surface area contributed by atoms with Crippen molar-refractivity contribution in [3.8, 4) is 0 Å². The molecule has 0 aliphatic carbocycles. The lowest BCUT2D eigenvalue weighted by molar-refractivity contribution is 1.06. The lowest BCUT2D eigenvalue weighted by Crippen LogP contribution is -2.13. The SMILES string of the molecule is N=C(N)c1c(Br)cccc1Sc1ncc[nH]1. The van der Waals surface area contributed by atoms with Crippen molar-refractivity contribution in [2.75, 3.05) is 0 Å². The van der Waals surface area contributed by atoms with E-state index in [9.17, 15) is 0 Å². The van der Waals surface area contributed by atoms with Gasteiger partial charge < -0.3 is 10.7 Å². The number of nitrogens with one attached hydrogen (secondary N) is 2. The minimum atomic E-state index is 0.0431. The fourth-order valence-electron chi connectivity index (χ4n) is 1.26. The molecule has 0 unspecified atom stereocenters. The molecule has 1 aromatic heterocycles. The van der Waals surface area contributed by atoms with E-state index in [2.05, 4.69) is 25.9 Å². The van der Waals surface area contributed by atoms with Crippen molar-refractivity contribution in [2.24, 2.45) is 5.73 Å². The number of halogens is 1. The van der Waals surface area contributed by atoms with Crippen molar-refractivity contribution in [1.29, 1.82) is 5.41 Å². The van der Waals surface area contributed by atoms with Gasteiger partial charge in [-0.1, -0.05) is 17.8 Å². The molecule has 0 aliphatic rings. The number of H-pyrrole nitrogens is 1. The molecule has 2 aromatic rings. The molecule has 82 valence electrons. The van der Waals surface area contributed by atoms with Gasteiger partial charge in [0.1, 0.15) is 5.84 Å². The Morgan fingerprint density at radius 1 is 1.50 bits per heavy atom. The van der Waals surface area contributed by atoms with Crippen molar-refractivity contribution < 1.29 is 0 Å². The van der Waals surface area contributed by atoms with Gasteiger partial charge >= 0.3 is 0 Å². The second kappa shape index (κ2) is 4.71. The lowest BCUT2D eigenvalue weighted by atomic mass is 10.2. The Balaban J connectivity index is 2.40. The third-order valence-corrected chi connectivity index (χ3v) is 3.56. The number of nitrogens with two attached hydrogens (primary N) is 1. The first-order chi connectivity index (χ1) is 7.68. The van der Waals surface area contributed by atoms with Crippen LogP contribution in [0, 0.1) is 5.41 Å². The average Bonchev–Trinajstić information content (AvgIpc) is 2.70. The van der Waals surface area contributed by atoms with Crippen LogP contribution in [0.25, 0.3) is 0 Å². The van der Waals surface area contributed by atoms with Gasteiger partial charge in [0.05, 0.1) is 0 Å². The first-order valence-electron chi connectivity index (χ1n) is 4.48. The number of amidine groups is 1. The maximum atomic E-state index is 7.55. The minimum absolute atomic E-state index is 0.0431. The van der Waals surface area contributed by atoms with Crippen LogP contribution in [-0.4, -0.2) is 15.8 Å². The zero-order valence-corrected chi connectivity index (χ0v) is 10.6. The second-order valence-electron chi connectivity index (χ2n) is 3.02. The molecule has 0 bridgehead atoms. The fraction of sp³-hybridized carbons (Fsp3) is 0. The number of nitrogens with zero attached hydrogens (tertiary/aromatic N) is 1. The summed E-state index contributed by atoms with van der Waals surface area (Å²) in [6, 6.07) is 5.68. The topological polar surface area (TPSA) is 78.6 Å². The number of benzene rings is 1. The van der Waals surface area contributed by atoms with Crippen LogP contribution in [0.1, 0.15) is 5.56 Å². The summed E-state index contributed by atoms with van der Waals surface area (Å²) in [5.74, 6) is 0.0431. The molecule has 0 fully saturated rings. The number of hydrogen-bond donors (Lipinski definition) is 3. The first-order valence-corrected chi connectivity index (χ1v) is 6.09. The molecule has 1 heterocycles. The number of imidazole rings is 1. The summed E-state index contributed by atoms with van der Waals surface area (Å²) in [4.78, 5) is 8.02. The molecule has 1 aromatic carbocycles. The van der Waals surface area contributed by atoms with E-state index in [1.165, 1.54) is 11.8 Å². The van der Waals surface area contributed by atoms with E-state index in [-0.39, 0.29) is 5.84 Å². The average molecular weight is 297 g/mol. The highest BCUT2D eigenvalue weighted by Crippen LogP contribution is 2.31. The molecule has 0 aliphatic heterocycles. The van der Waals surface area contributed by atoms with E-state index in [0.717, 1.165) is 14.5 Å². The van der Waals surface area contributed by atoms with Crippen LogP contribution in [0.4, 0.5) is 0 Å². The van der Waals surface area contributed by atoms with Crippen LogP contribution >= 0.6 is 27.7 Å². The van der Waals surface area contributed by atoms with E-state index in [4.69, 9.17) is 11.1 Å². The normalized spacial score (nSPS) is 10.3. The zero-order valence-electron chi connectivity index (χ0n) is 8.20. The van der Waals surface area contributed by atoms with Gasteiger partial charge in [-0.3, -0.25) is 5.41 Å². The number of rotatable bonds is 3. The van der Waals surface area contributed by atoms with Crippen LogP contribution in [0.15, 0.2) is 45.1 Å². The Morgan fingerprint density at radius 3 is 2.94 bits per heavy atom. The van der Waals surface area contributed by atoms with Crippen molar-refractivity contribution in [2.45, 2.75) is 10.1 Å². The van der Waals surface area contributed by atoms with Crippen molar-refractivity contribution in [1.82, 2.24) is 9.97 Å². The molecule has 2 rings (SSSR count). The van der Waals surface area contributed by atoms with E-state index in [1.54, 1.807) is 12.4 Å². The molecule has 0 saturated heterocycles. The molecule has 16 heavy (non-hydrogen) atoms. The Labute approximate surface area is 105 Å². The van der Waals surface area contributed by atoms with Crippen LogP contribution in [0.5, 0.6) is 0 Å². The monoisotopic (exact) mass is 296 g/mol. The molecular formula is C10H9BrN4S. The van der Waals surface area contributed by atoms with Crippen LogP contribution in [-0.2, 0) is 0 Å². The molecule has 0 saturated carbocycles. The van der Waals surface area contributed by atoms with E-state index in [1.807, 2.05) is 18.2 Å². The summed E-state index contributed by atoms with van der Waals surface area (Å²) >= 11 is 4.83. The Morgan fingerprint density at radius 2 is 2.31 bits per heavy atom. The number of hydrogen-bond acceptors (Lipinski definition) is 3. The third kappa shape index (κ3) is 2.28. The highest BCUT2D eigenvalue weighted by atomic mass is 79.9. The largest absolute Gasteiger partial charge is 0.384 e. The Kier molecular flexibility index (Phi) is 3.31. The number of aromatic nitrogens is 2. The predicted octanol–water partition coefficient (Wildman–Crippen LogP) is 2.61. The maximum Gasteiger partial charge on any atom is 0.170 e. The summed E-state index contributed by atoms with van der Waals surface area (Å²) in [6.45, 7) is 0. The van der Waals surface area contributed by atoms with E-state index >= 15 is 0 Å². The quantitative estimate of drug-likeness (QED) is 0.602. The zero-order chi connectivity index (χ0) is 11.5. The Hall–Kier alpha value is -1.27. The van der Waals surface area contributed by atoms with Gasteiger partial charge in [-0.2, -0.15) is 0 Å². The summed E-state index contributed by atoms with van der Waals surface area (Å²) in [6.07, 6.45) is 3.45. The standard InChI is InChI=1S/C10H9BrN4S/c11-6-2-1-3-7(8(6)9(12)13)16-10-14-4-5-15-10/h1-5H,(H3,12,13)(H,14,15). The lowest BCUT2D eigenvalue weighted by Gasteiger charge is -2.08. The smallest absolute Gasteiger partial charge is 0.170 e. The van der Waals surface area contributed by atoms with Crippen molar-refractivity contribution >= 4 is 33.5 Å². The second-order valence-corrected chi connectivity index (χ2v) is 4.91. The summed E-state index contributed by atoms with van der Waals surface area (Å²) in [5.41, 5.74) is 6.25. The van der Waals surface area contributed by atoms with Crippen LogP contribution in [0.3, 0.4) is 0 Å². The molecule has 4 nitrogen and oxygen atoms in total. The van der Waals surface area contributed by atoms with Gasteiger partial charge in [0.2, 0.25) is 0 Å². The minimum Gasteiger partial charge on any atom is -0.384 e. The summed E-state index contributed by atoms with van der Waals surface area (Å²) in [7, 11) is 0. The highest BCUT2D eigenvalue weighted by Gasteiger charge is 2.11. The van der Waals surface area contributed by atoms with Gasteiger partial charge in [0.15, 0.2) is 5.16 Å². The summed E-state index contributed by atoms with van der Waals surface area (Å²) < 4.78 is 0.816. The molecule has 0 radical (unpaired) electrons. The molecular weight excluding hydrogens is 288 g/mol.